The largest absolute Gasteiger partial charge is 0.573 e. The van der Waals surface area contributed by atoms with Crippen LogP contribution in [-0.4, -0.2) is 13.5 Å². The third-order valence-corrected chi connectivity index (χ3v) is 2.80. The van der Waals surface area contributed by atoms with Crippen molar-refractivity contribution in [3.05, 3.63) is 47.5 Å². The van der Waals surface area contributed by atoms with E-state index < -0.39 is 6.36 Å². The number of benzene rings is 2. The van der Waals surface area contributed by atoms with Crippen LogP contribution in [0.25, 0.3) is 11.1 Å². The lowest BCUT2D eigenvalue weighted by molar-refractivity contribution is -0.274. The summed E-state index contributed by atoms with van der Waals surface area (Å²) in [4.78, 5) is 0. The molecule has 0 bridgehead atoms. The molecule has 0 unspecified atom stereocenters. The molecule has 2 rings (SSSR count). The Morgan fingerprint density at radius 3 is 2.20 bits per heavy atom. The van der Waals surface area contributed by atoms with Crippen LogP contribution in [0.3, 0.4) is 0 Å². The maximum absolute atomic E-state index is 12.1. The van der Waals surface area contributed by atoms with E-state index in [4.69, 9.17) is 16.3 Å². The van der Waals surface area contributed by atoms with Gasteiger partial charge < -0.3 is 9.47 Å². The summed E-state index contributed by atoms with van der Waals surface area (Å²) in [5.41, 5.74) is 1.37. The van der Waals surface area contributed by atoms with Gasteiger partial charge in [0.15, 0.2) is 0 Å². The van der Waals surface area contributed by atoms with Crippen molar-refractivity contribution in [2.75, 3.05) is 7.11 Å². The zero-order chi connectivity index (χ0) is 14.8. The summed E-state index contributed by atoms with van der Waals surface area (Å²) in [7, 11) is 1.51. The molecule has 6 heteroatoms. The molecular formula is C14H10ClF3O2. The van der Waals surface area contributed by atoms with Crippen molar-refractivity contribution in [3.63, 3.8) is 0 Å². The highest BCUT2D eigenvalue weighted by Crippen LogP contribution is 2.34. The van der Waals surface area contributed by atoms with Crippen LogP contribution in [-0.2, 0) is 0 Å². The predicted molar refractivity (Wildman–Crippen MR) is 70.1 cm³/mol. The molecule has 0 fully saturated rings. The smallest absolute Gasteiger partial charge is 0.496 e. The normalized spacial score (nSPS) is 11.2. The van der Waals surface area contributed by atoms with Gasteiger partial charge in [-0.25, -0.2) is 0 Å². The van der Waals surface area contributed by atoms with Crippen LogP contribution in [0.4, 0.5) is 13.2 Å². The zero-order valence-corrected chi connectivity index (χ0v) is 11.1. The second kappa shape index (κ2) is 5.63. The molecule has 0 aliphatic carbocycles. The summed E-state index contributed by atoms with van der Waals surface area (Å²) in [6.45, 7) is 0. The molecule has 0 amide bonds. The van der Waals surface area contributed by atoms with E-state index in [1.165, 1.54) is 31.4 Å². The summed E-state index contributed by atoms with van der Waals surface area (Å²) in [6.07, 6.45) is -4.70. The summed E-state index contributed by atoms with van der Waals surface area (Å²) >= 11 is 5.91. The number of rotatable bonds is 3. The molecule has 0 aliphatic rings. The van der Waals surface area contributed by atoms with E-state index >= 15 is 0 Å². The highest BCUT2D eigenvalue weighted by molar-refractivity contribution is 6.31. The Hall–Kier alpha value is -1.88. The summed E-state index contributed by atoms with van der Waals surface area (Å²) in [6, 6.07) is 10.5. The van der Waals surface area contributed by atoms with Gasteiger partial charge in [-0.3, -0.25) is 0 Å². The fourth-order valence-electron chi connectivity index (χ4n) is 1.74. The van der Waals surface area contributed by atoms with Crippen LogP contribution >= 0.6 is 11.6 Å². The summed E-state index contributed by atoms with van der Waals surface area (Å²) in [5.74, 6) is 0.307. The van der Waals surface area contributed by atoms with Gasteiger partial charge in [-0.15, -0.1) is 13.2 Å². The summed E-state index contributed by atoms with van der Waals surface area (Å²) in [5, 5.41) is 0.511. The lowest BCUT2D eigenvalue weighted by Gasteiger charge is -2.11. The van der Waals surface area contributed by atoms with Crippen molar-refractivity contribution >= 4 is 11.6 Å². The van der Waals surface area contributed by atoms with Crippen molar-refractivity contribution in [1.29, 1.82) is 0 Å². The van der Waals surface area contributed by atoms with E-state index in [-0.39, 0.29) is 5.75 Å². The van der Waals surface area contributed by atoms with Gasteiger partial charge >= 0.3 is 6.36 Å². The van der Waals surface area contributed by atoms with E-state index in [1.807, 2.05) is 0 Å². The first kappa shape index (κ1) is 14.5. The Labute approximate surface area is 118 Å². The Bertz CT molecular complexity index is 594. The number of halogens is 4. The summed E-state index contributed by atoms with van der Waals surface area (Å²) < 4.78 is 45.2. The second-order valence-electron chi connectivity index (χ2n) is 3.92. The zero-order valence-electron chi connectivity index (χ0n) is 10.4. The minimum atomic E-state index is -4.70. The van der Waals surface area contributed by atoms with Crippen molar-refractivity contribution in [1.82, 2.24) is 0 Å². The Kier molecular flexibility index (Phi) is 4.09. The first-order chi connectivity index (χ1) is 9.39. The lowest BCUT2D eigenvalue weighted by Crippen LogP contribution is -2.16. The minimum absolute atomic E-state index is 0.276. The van der Waals surface area contributed by atoms with Crippen molar-refractivity contribution < 1.29 is 22.6 Å². The van der Waals surface area contributed by atoms with Gasteiger partial charge in [0, 0.05) is 10.6 Å². The number of ether oxygens (including phenoxy) is 2. The highest BCUT2D eigenvalue weighted by atomic mass is 35.5. The van der Waals surface area contributed by atoms with Gasteiger partial charge in [-0.05, 0) is 35.9 Å². The molecule has 0 saturated heterocycles. The fourth-order valence-corrected chi connectivity index (χ4v) is 1.91. The van der Waals surface area contributed by atoms with Gasteiger partial charge in [-0.1, -0.05) is 23.7 Å². The molecule has 0 aromatic heterocycles. The average molecular weight is 303 g/mol. The Balaban J connectivity index is 2.33. The van der Waals surface area contributed by atoms with Gasteiger partial charge in [0.2, 0.25) is 0 Å². The standard InChI is InChI=1S/C14H10ClF3O2/c1-19-13-7-4-10(15)8-12(13)9-2-5-11(6-3-9)20-14(16,17)18/h2-8H,1H3. The predicted octanol–water partition coefficient (Wildman–Crippen LogP) is 4.91. The third kappa shape index (κ3) is 3.57. The van der Waals surface area contributed by atoms with E-state index in [0.29, 0.717) is 21.9 Å². The Morgan fingerprint density at radius 1 is 1.00 bits per heavy atom. The molecule has 20 heavy (non-hydrogen) atoms. The molecular weight excluding hydrogens is 293 g/mol. The lowest BCUT2D eigenvalue weighted by atomic mass is 10.0. The van der Waals surface area contributed by atoms with Crippen LogP contribution < -0.4 is 9.47 Å². The van der Waals surface area contributed by atoms with Crippen LogP contribution in [0.2, 0.25) is 5.02 Å². The third-order valence-electron chi connectivity index (χ3n) is 2.56. The Morgan fingerprint density at radius 2 is 1.65 bits per heavy atom. The van der Waals surface area contributed by atoms with Crippen molar-refractivity contribution in [2.45, 2.75) is 6.36 Å². The molecule has 2 aromatic carbocycles. The average Bonchev–Trinajstić information content (AvgIpc) is 2.38. The van der Waals surface area contributed by atoms with Crippen molar-refractivity contribution in [3.8, 4) is 22.6 Å². The molecule has 0 saturated carbocycles. The van der Waals surface area contributed by atoms with E-state index in [1.54, 1.807) is 18.2 Å². The molecule has 0 radical (unpaired) electrons. The maximum atomic E-state index is 12.1. The maximum Gasteiger partial charge on any atom is 0.573 e. The quantitative estimate of drug-likeness (QED) is 0.801. The van der Waals surface area contributed by atoms with E-state index in [9.17, 15) is 13.2 Å². The van der Waals surface area contributed by atoms with Crippen molar-refractivity contribution in [2.24, 2.45) is 0 Å². The number of methoxy groups -OCH3 is 1. The molecule has 0 spiro atoms. The molecule has 0 N–H and O–H groups in total. The van der Waals surface area contributed by atoms with Gasteiger partial charge in [0.25, 0.3) is 0 Å². The second-order valence-corrected chi connectivity index (χ2v) is 4.35. The molecule has 0 atom stereocenters. The van der Waals surface area contributed by atoms with Gasteiger partial charge in [-0.2, -0.15) is 0 Å². The van der Waals surface area contributed by atoms with Crippen LogP contribution in [0, 0.1) is 0 Å². The van der Waals surface area contributed by atoms with Crippen LogP contribution in [0.5, 0.6) is 11.5 Å². The first-order valence-corrected chi connectivity index (χ1v) is 5.96. The first-order valence-electron chi connectivity index (χ1n) is 5.59. The molecule has 2 aromatic rings. The monoisotopic (exact) mass is 302 g/mol. The van der Waals surface area contributed by atoms with E-state index in [2.05, 4.69) is 4.74 Å². The molecule has 2 nitrogen and oxygen atoms in total. The number of hydrogen-bond acceptors (Lipinski definition) is 2. The molecule has 106 valence electrons. The molecule has 0 heterocycles. The minimum Gasteiger partial charge on any atom is -0.496 e. The van der Waals surface area contributed by atoms with E-state index in [0.717, 1.165) is 0 Å². The number of alkyl halides is 3. The highest BCUT2D eigenvalue weighted by Gasteiger charge is 2.30. The number of hydrogen-bond donors (Lipinski definition) is 0. The van der Waals surface area contributed by atoms with Gasteiger partial charge in [0.1, 0.15) is 11.5 Å². The topological polar surface area (TPSA) is 18.5 Å². The van der Waals surface area contributed by atoms with Gasteiger partial charge in [0.05, 0.1) is 7.11 Å². The van der Waals surface area contributed by atoms with Crippen LogP contribution in [0.1, 0.15) is 0 Å². The fraction of sp³-hybridized carbons (Fsp3) is 0.143. The van der Waals surface area contributed by atoms with Crippen LogP contribution in [0.15, 0.2) is 42.5 Å². The molecule has 0 aliphatic heterocycles. The SMILES string of the molecule is COc1ccc(Cl)cc1-c1ccc(OC(F)(F)F)cc1.